The van der Waals surface area contributed by atoms with Crippen LogP contribution in [-0.4, -0.2) is 46.5 Å². The van der Waals surface area contributed by atoms with Crippen LogP contribution in [0.5, 0.6) is 11.5 Å². The standard InChI is InChI=1S/C21H25NO6S/c1-5-27-18-9-7-6-8-17(18)15-28-21(23)13-11-16-10-12-19(26-4)20(14-16)29(24,25)22(2)3/h6-14H,5,15H2,1-4H3/b13-11+. The van der Waals surface area contributed by atoms with Crippen molar-refractivity contribution in [2.45, 2.75) is 18.4 Å². The van der Waals surface area contributed by atoms with Crippen LogP contribution >= 0.6 is 0 Å². The van der Waals surface area contributed by atoms with Gasteiger partial charge in [0, 0.05) is 25.7 Å². The first-order valence-electron chi connectivity index (χ1n) is 8.95. The molecule has 156 valence electrons. The number of methoxy groups -OCH3 is 1. The van der Waals surface area contributed by atoms with Crippen molar-refractivity contribution < 1.29 is 27.4 Å². The Morgan fingerprint density at radius 1 is 1.10 bits per heavy atom. The van der Waals surface area contributed by atoms with Crippen molar-refractivity contribution in [3.63, 3.8) is 0 Å². The normalized spacial score (nSPS) is 11.6. The smallest absolute Gasteiger partial charge is 0.331 e. The molecular weight excluding hydrogens is 394 g/mol. The molecule has 0 N–H and O–H groups in total. The lowest BCUT2D eigenvalue weighted by Crippen LogP contribution is -2.22. The van der Waals surface area contributed by atoms with E-state index in [0.717, 1.165) is 9.87 Å². The SMILES string of the molecule is CCOc1ccccc1COC(=O)/C=C/c1ccc(OC)c(S(=O)(=O)N(C)C)c1. The van der Waals surface area contributed by atoms with Gasteiger partial charge in [-0.15, -0.1) is 0 Å². The molecule has 0 saturated heterocycles. The van der Waals surface area contributed by atoms with Crippen molar-refractivity contribution in [1.29, 1.82) is 0 Å². The van der Waals surface area contributed by atoms with Crippen LogP contribution in [0.2, 0.25) is 0 Å². The number of sulfonamides is 1. The molecule has 0 amide bonds. The van der Waals surface area contributed by atoms with Gasteiger partial charge in [0.25, 0.3) is 0 Å². The van der Waals surface area contributed by atoms with E-state index in [-0.39, 0.29) is 17.3 Å². The van der Waals surface area contributed by atoms with Gasteiger partial charge < -0.3 is 14.2 Å². The molecule has 0 bridgehead atoms. The average Bonchev–Trinajstić information content (AvgIpc) is 2.71. The van der Waals surface area contributed by atoms with Gasteiger partial charge in [0.1, 0.15) is 23.0 Å². The lowest BCUT2D eigenvalue weighted by molar-refractivity contribution is -0.138. The number of hydrogen-bond donors (Lipinski definition) is 0. The van der Waals surface area contributed by atoms with Crippen molar-refractivity contribution in [2.24, 2.45) is 0 Å². The van der Waals surface area contributed by atoms with E-state index in [1.165, 1.54) is 39.4 Å². The summed E-state index contributed by atoms with van der Waals surface area (Å²) in [6, 6.07) is 12.0. The monoisotopic (exact) mass is 419 g/mol. The highest BCUT2D eigenvalue weighted by atomic mass is 32.2. The Hall–Kier alpha value is -2.84. The fourth-order valence-electron chi connectivity index (χ4n) is 2.48. The summed E-state index contributed by atoms with van der Waals surface area (Å²) in [6.07, 6.45) is 2.74. The minimum Gasteiger partial charge on any atom is -0.495 e. The topological polar surface area (TPSA) is 82.1 Å². The molecule has 0 aliphatic rings. The van der Waals surface area contributed by atoms with E-state index in [1.807, 2.05) is 31.2 Å². The van der Waals surface area contributed by atoms with Crippen LogP contribution in [0.15, 0.2) is 53.4 Å². The Kier molecular flexibility index (Phi) is 7.81. The van der Waals surface area contributed by atoms with Gasteiger partial charge in [-0.3, -0.25) is 0 Å². The van der Waals surface area contributed by atoms with Crippen LogP contribution in [0, 0.1) is 0 Å². The summed E-state index contributed by atoms with van der Waals surface area (Å²) in [4.78, 5) is 12.1. The maximum atomic E-state index is 12.5. The number of esters is 1. The third-order valence-electron chi connectivity index (χ3n) is 4.00. The zero-order valence-electron chi connectivity index (χ0n) is 16.9. The van der Waals surface area contributed by atoms with E-state index >= 15 is 0 Å². The molecule has 8 heteroatoms. The Balaban J connectivity index is 2.13. The second kappa shape index (κ2) is 10.1. The lowest BCUT2D eigenvalue weighted by Gasteiger charge is -2.15. The van der Waals surface area contributed by atoms with Crippen LogP contribution in [0.25, 0.3) is 6.08 Å². The van der Waals surface area contributed by atoms with Crippen molar-refractivity contribution in [2.75, 3.05) is 27.8 Å². The number of carbonyl (C=O) groups excluding carboxylic acids is 1. The molecule has 0 heterocycles. The molecule has 0 spiro atoms. The molecule has 2 aromatic carbocycles. The van der Waals surface area contributed by atoms with Crippen LogP contribution < -0.4 is 9.47 Å². The maximum Gasteiger partial charge on any atom is 0.331 e. The molecule has 0 unspecified atom stereocenters. The summed E-state index contributed by atoms with van der Waals surface area (Å²) in [5.41, 5.74) is 1.29. The molecule has 7 nitrogen and oxygen atoms in total. The van der Waals surface area contributed by atoms with E-state index in [2.05, 4.69) is 0 Å². The predicted octanol–water partition coefficient (Wildman–Crippen LogP) is 3.10. The van der Waals surface area contributed by atoms with Crippen LogP contribution in [0.4, 0.5) is 0 Å². The number of hydrogen-bond acceptors (Lipinski definition) is 6. The van der Waals surface area contributed by atoms with Gasteiger partial charge in [0.05, 0.1) is 13.7 Å². The maximum absolute atomic E-state index is 12.5. The first-order valence-corrected chi connectivity index (χ1v) is 10.4. The molecule has 2 aromatic rings. The predicted molar refractivity (Wildman–Crippen MR) is 110 cm³/mol. The van der Waals surface area contributed by atoms with Gasteiger partial charge in [0.15, 0.2) is 0 Å². The molecule has 0 aliphatic heterocycles. The Labute approximate surface area is 171 Å². The molecular formula is C21H25NO6S. The summed E-state index contributed by atoms with van der Waals surface area (Å²) in [6.45, 7) is 2.47. The third-order valence-corrected chi connectivity index (χ3v) is 5.84. The average molecular weight is 419 g/mol. The second-order valence-electron chi connectivity index (χ2n) is 6.18. The van der Waals surface area contributed by atoms with E-state index in [9.17, 15) is 13.2 Å². The second-order valence-corrected chi connectivity index (χ2v) is 8.30. The molecule has 0 aliphatic carbocycles. The number of para-hydroxylation sites is 1. The quantitative estimate of drug-likeness (QED) is 0.459. The molecule has 29 heavy (non-hydrogen) atoms. The van der Waals surface area contributed by atoms with E-state index < -0.39 is 16.0 Å². The lowest BCUT2D eigenvalue weighted by atomic mass is 10.2. The molecule has 0 aromatic heterocycles. The minimum absolute atomic E-state index is 0.0196. The van der Waals surface area contributed by atoms with Crippen molar-refractivity contribution in [1.82, 2.24) is 4.31 Å². The highest BCUT2D eigenvalue weighted by molar-refractivity contribution is 7.89. The fourth-order valence-corrected chi connectivity index (χ4v) is 3.56. The van der Waals surface area contributed by atoms with Crippen LogP contribution in [0.3, 0.4) is 0 Å². The zero-order chi connectivity index (χ0) is 21.4. The van der Waals surface area contributed by atoms with Gasteiger partial charge in [0.2, 0.25) is 10.0 Å². The molecule has 0 fully saturated rings. The number of rotatable bonds is 9. The highest BCUT2D eigenvalue weighted by Crippen LogP contribution is 2.27. The Bertz CT molecular complexity index is 982. The van der Waals surface area contributed by atoms with E-state index in [0.29, 0.717) is 17.9 Å². The van der Waals surface area contributed by atoms with E-state index in [4.69, 9.17) is 14.2 Å². The van der Waals surface area contributed by atoms with Crippen molar-refractivity contribution >= 4 is 22.1 Å². The summed E-state index contributed by atoms with van der Waals surface area (Å²) in [7, 11) is 0.585. The Morgan fingerprint density at radius 2 is 1.83 bits per heavy atom. The number of carbonyl (C=O) groups is 1. The number of ether oxygens (including phenoxy) is 3. The van der Waals surface area contributed by atoms with Gasteiger partial charge in [-0.2, -0.15) is 0 Å². The van der Waals surface area contributed by atoms with Crippen molar-refractivity contribution in [3.8, 4) is 11.5 Å². The van der Waals surface area contributed by atoms with Gasteiger partial charge in [-0.1, -0.05) is 24.3 Å². The van der Waals surface area contributed by atoms with Crippen LogP contribution in [-0.2, 0) is 26.2 Å². The number of benzene rings is 2. The van der Waals surface area contributed by atoms with Crippen LogP contribution in [0.1, 0.15) is 18.1 Å². The first kappa shape index (κ1) is 22.4. The highest BCUT2D eigenvalue weighted by Gasteiger charge is 2.22. The summed E-state index contributed by atoms with van der Waals surface area (Å²) >= 11 is 0. The van der Waals surface area contributed by atoms with Gasteiger partial charge >= 0.3 is 5.97 Å². The van der Waals surface area contributed by atoms with Gasteiger partial charge in [-0.05, 0) is 36.8 Å². The summed E-state index contributed by atoms with van der Waals surface area (Å²) < 4.78 is 41.9. The fraction of sp³-hybridized carbons (Fsp3) is 0.286. The van der Waals surface area contributed by atoms with Crippen molar-refractivity contribution in [3.05, 3.63) is 59.7 Å². The first-order chi connectivity index (χ1) is 13.8. The minimum atomic E-state index is -3.69. The van der Waals surface area contributed by atoms with Gasteiger partial charge in [-0.25, -0.2) is 17.5 Å². The Morgan fingerprint density at radius 3 is 2.48 bits per heavy atom. The summed E-state index contributed by atoms with van der Waals surface area (Å²) in [5.74, 6) is 0.343. The molecule has 0 saturated carbocycles. The third kappa shape index (κ3) is 5.82. The molecule has 2 rings (SSSR count). The molecule has 0 radical (unpaired) electrons. The molecule has 0 atom stereocenters. The summed E-state index contributed by atoms with van der Waals surface area (Å²) in [5, 5.41) is 0. The largest absolute Gasteiger partial charge is 0.495 e. The zero-order valence-corrected chi connectivity index (χ0v) is 17.7. The van der Waals surface area contributed by atoms with E-state index in [1.54, 1.807) is 12.1 Å². The number of nitrogens with zero attached hydrogens (tertiary/aromatic N) is 1.